The molecule has 1 aromatic rings. The third-order valence-electron chi connectivity index (χ3n) is 5.71. The third kappa shape index (κ3) is 7.89. The fourth-order valence-corrected chi connectivity index (χ4v) is 3.69. The molecule has 0 fully saturated rings. The average Bonchev–Trinajstić information content (AvgIpc) is 2.84. The molecule has 2 atom stereocenters. The van der Waals surface area contributed by atoms with Gasteiger partial charge in [-0.15, -0.1) is 0 Å². The molecular weight excluding hydrogens is 392 g/mol. The van der Waals surface area contributed by atoms with Gasteiger partial charge in [-0.3, -0.25) is 9.59 Å². The Morgan fingerprint density at radius 1 is 0.844 bits per heavy atom. The van der Waals surface area contributed by atoms with Gasteiger partial charge in [-0.2, -0.15) is 0 Å². The number of carbonyl (C=O) groups excluding carboxylic acids is 2. The van der Waals surface area contributed by atoms with Crippen molar-refractivity contribution in [3.8, 4) is 0 Å². The molecule has 2 unspecified atom stereocenters. The van der Waals surface area contributed by atoms with E-state index in [1.54, 1.807) is 6.08 Å². The van der Waals surface area contributed by atoms with Gasteiger partial charge >= 0.3 is 0 Å². The van der Waals surface area contributed by atoms with E-state index in [1.165, 1.54) is 11.1 Å². The summed E-state index contributed by atoms with van der Waals surface area (Å²) in [5, 5.41) is 0. The lowest BCUT2D eigenvalue weighted by Crippen LogP contribution is -2.34. The molecule has 2 heteroatoms. The highest BCUT2D eigenvalue weighted by Gasteiger charge is 2.37. The monoisotopic (exact) mass is 439 g/mol. The van der Waals surface area contributed by atoms with Crippen LogP contribution in [-0.4, -0.2) is 11.6 Å². The first-order valence-corrected chi connectivity index (χ1v) is 11.5. The zero-order chi connectivity index (χ0) is 29.5. The second kappa shape index (κ2) is 13.2. The predicted octanol–water partition coefficient (Wildman–Crippen LogP) is 8.46. The highest BCUT2D eigenvalue weighted by molar-refractivity contribution is 6.15. The van der Waals surface area contributed by atoms with Crippen LogP contribution in [-0.2, 0) is 0 Å². The quantitative estimate of drug-likeness (QED) is 0.256. The third-order valence-corrected chi connectivity index (χ3v) is 5.71. The second-order valence-corrected chi connectivity index (χ2v) is 8.81. The molecule has 0 spiro atoms. The Morgan fingerprint density at radius 2 is 1.47 bits per heavy atom. The van der Waals surface area contributed by atoms with Crippen molar-refractivity contribution in [2.24, 2.45) is 11.8 Å². The summed E-state index contributed by atoms with van der Waals surface area (Å²) in [5.41, 5.74) is 2.79. The number of hydrogen-bond acceptors (Lipinski definition) is 2. The van der Waals surface area contributed by atoms with Crippen LogP contribution in [0.1, 0.15) is 110 Å². The van der Waals surface area contributed by atoms with Crippen LogP contribution in [0.25, 0.3) is 0 Å². The fraction of sp³-hybridized carbons (Fsp3) is 0.467. The Labute approximate surface area is 205 Å². The Kier molecular flexibility index (Phi) is 7.01. The van der Waals surface area contributed by atoms with Crippen LogP contribution in [0.2, 0.25) is 0 Å². The molecule has 1 aromatic carbocycles. The SMILES string of the molecule is [2H]c1c([2H])c([2H])c2c(c1[2H])C(=O)C(C/C=C(\C)CC/C=C/CC/C=C(\C)CCC=C(C)C)C(C([2H])([2H])[2H])C2=O. The van der Waals surface area contributed by atoms with Crippen molar-refractivity contribution in [3.63, 3.8) is 0 Å². The predicted molar refractivity (Wildman–Crippen MR) is 136 cm³/mol. The van der Waals surface area contributed by atoms with Gasteiger partial charge in [0, 0.05) is 27.1 Å². The van der Waals surface area contributed by atoms with E-state index in [0.717, 1.165) is 44.1 Å². The molecule has 0 saturated carbocycles. The highest BCUT2D eigenvalue weighted by Crippen LogP contribution is 2.32. The van der Waals surface area contributed by atoms with Crippen LogP contribution in [0.4, 0.5) is 0 Å². The number of Topliss-reactive ketones (excluding diaryl/α,β-unsaturated/α-hetero) is 2. The molecule has 172 valence electrons. The summed E-state index contributed by atoms with van der Waals surface area (Å²) in [6, 6.07) is -2.53. The van der Waals surface area contributed by atoms with Gasteiger partial charge in [0.25, 0.3) is 0 Å². The van der Waals surface area contributed by atoms with E-state index in [-0.39, 0.29) is 6.42 Å². The summed E-state index contributed by atoms with van der Waals surface area (Å²) in [4.78, 5) is 26.6. The van der Waals surface area contributed by atoms with Crippen LogP contribution < -0.4 is 0 Å². The summed E-state index contributed by atoms with van der Waals surface area (Å²) < 4.78 is 55.8. The molecule has 0 bridgehead atoms. The van der Waals surface area contributed by atoms with Crippen LogP contribution in [0, 0.1) is 11.8 Å². The van der Waals surface area contributed by atoms with Gasteiger partial charge in [0.2, 0.25) is 0 Å². The number of allylic oxidation sites excluding steroid dienone is 8. The normalized spacial score (nSPS) is 22.9. The van der Waals surface area contributed by atoms with Gasteiger partial charge in [-0.25, -0.2) is 0 Å². The lowest BCUT2D eigenvalue weighted by Gasteiger charge is -2.27. The molecule has 0 saturated heterocycles. The molecule has 0 heterocycles. The maximum absolute atomic E-state index is 13.4. The number of rotatable bonds is 11. The minimum Gasteiger partial charge on any atom is -0.294 e. The number of fused-ring (bicyclic) bond motifs is 1. The minimum absolute atomic E-state index is 0.0160. The maximum Gasteiger partial charge on any atom is 0.167 e. The van der Waals surface area contributed by atoms with Gasteiger partial charge in [0.05, 0.1) is 5.48 Å². The number of ketones is 2. The lowest BCUT2D eigenvalue weighted by atomic mass is 9.73. The van der Waals surface area contributed by atoms with Crippen molar-refractivity contribution in [1.29, 1.82) is 0 Å². The van der Waals surface area contributed by atoms with E-state index in [0.29, 0.717) is 0 Å². The maximum atomic E-state index is 13.4. The van der Waals surface area contributed by atoms with Crippen molar-refractivity contribution in [3.05, 3.63) is 82.4 Å². The van der Waals surface area contributed by atoms with E-state index < -0.39 is 65.6 Å². The Morgan fingerprint density at radius 3 is 2.16 bits per heavy atom. The minimum atomic E-state index is -2.78. The molecule has 2 nitrogen and oxygen atoms in total. The number of hydrogen-bond donors (Lipinski definition) is 0. The zero-order valence-corrected chi connectivity index (χ0v) is 19.8. The molecular formula is C30H40O2. The van der Waals surface area contributed by atoms with Gasteiger partial charge in [0.15, 0.2) is 11.6 Å². The average molecular weight is 440 g/mol. The van der Waals surface area contributed by atoms with Crippen molar-refractivity contribution in [2.75, 3.05) is 0 Å². The van der Waals surface area contributed by atoms with Gasteiger partial charge in [0.1, 0.15) is 0 Å². The molecule has 0 amide bonds. The smallest absolute Gasteiger partial charge is 0.167 e. The van der Waals surface area contributed by atoms with Crippen molar-refractivity contribution < 1.29 is 19.2 Å². The molecule has 0 radical (unpaired) electrons. The van der Waals surface area contributed by atoms with Crippen LogP contribution in [0.5, 0.6) is 0 Å². The molecule has 0 aromatic heterocycles. The van der Waals surface area contributed by atoms with Crippen molar-refractivity contribution in [1.82, 2.24) is 0 Å². The van der Waals surface area contributed by atoms with Gasteiger partial charge in [-0.05, 0) is 72.6 Å². The van der Waals surface area contributed by atoms with Crippen LogP contribution in [0.15, 0.2) is 71.3 Å². The van der Waals surface area contributed by atoms with E-state index in [1.807, 2.05) is 6.92 Å². The van der Waals surface area contributed by atoms with E-state index in [4.69, 9.17) is 9.60 Å². The Hall–Kier alpha value is -2.48. The first-order valence-electron chi connectivity index (χ1n) is 15.0. The topological polar surface area (TPSA) is 34.1 Å². The molecule has 32 heavy (non-hydrogen) atoms. The zero-order valence-electron chi connectivity index (χ0n) is 26.8. The lowest BCUT2D eigenvalue weighted by molar-refractivity contribution is 0.0750. The summed E-state index contributed by atoms with van der Waals surface area (Å²) in [5.74, 6) is -4.50. The van der Waals surface area contributed by atoms with E-state index >= 15 is 0 Å². The summed E-state index contributed by atoms with van der Waals surface area (Å²) in [6.07, 6.45) is 16.2. The summed E-state index contributed by atoms with van der Waals surface area (Å²) in [6.45, 7) is 5.48. The van der Waals surface area contributed by atoms with Crippen molar-refractivity contribution in [2.45, 2.75) is 79.5 Å². The standard InChI is InChI=1S/C30H40O2/c1-22(2)14-13-17-23(3)15-9-7-6-8-10-16-24(4)20-21-26-25(5)29(31)27-18-11-12-19-28(27)30(26)32/h6,8,11-12,14-15,18-20,25-26H,7,9-10,13,16-17,21H2,1-5H3/b8-6+,23-15+,24-20+/i5D3,11D,12D,18D,19D. The van der Waals surface area contributed by atoms with E-state index in [9.17, 15) is 9.59 Å². The molecule has 2 rings (SSSR count). The summed E-state index contributed by atoms with van der Waals surface area (Å²) >= 11 is 0. The molecule has 0 N–H and O–H groups in total. The Bertz CT molecular complexity index is 1200. The number of carbonyl (C=O) groups is 2. The fourth-order valence-electron chi connectivity index (χ4n) is 3.69. The first-order chi connectivity index (χ1) is 18.2. The largest absolute Gasteiger partial charge is 0.294 e. The number of benzene rings is 1. The van der Waals surface area contributed by atoms with Gasteiger partial charge < -0.3 is 0 Å². The van der Waals surface area contributed by atoms with Crippen LogP contribution in [0.3, 0.4) is 0 Å². The summed E-state index contributed by atoms with van der Waals surface area (Å²) in [7, 11) is 0. The first kappa shape index (κ1) is 17.1. The van der Waals surface area contributed by atoms with Gasteiger partial charge in [-0.1, -0.05) is 78.1 Å². The number of unbranched alkanes of at least 4 members (excludes halogenated alkanes) is 1. The molecule has 0 aliphatic heterocycles. The second-order valence-electron chi connectivity index (χ2n) is 8.81. The van der Waals surface area contributed by atoms with E-state index in [2.05, 4.69) is 45.1 Å². The van der Waals surface area contributed by atoms with Crippen LogP contribution >= 0.6 is 0 Å². The molecule has 1 aliphatic rings. The van der Waals surface area contributed by atoms with Crippen molar-refractivity contribution >= 4 is 11.6 Å². The molecule has 1 aliphatic carbocycles. The Balaban J connectivity index is 2.05. The highest BCUT2D eigenvalue weighted by atomic mass is 16.1.